The van der Waals surface area contributed by atoms with Crippen LogP contribution in [-0.4, -0.2) is 110 Å². The molecule has 12 heteroatoms. The lowest BCUT2D eigenvalue weighted by Gasteiger charge is -2.42. The van der Waals surface area contributed by atoms with Crippen molar-refractivity contribution in [2.24, 2.45) is 0 Å². The Morgan fingerprint density at radius 3 is 2.23 bits per heavy atom. The van der Waals surface area contributed by atoms with Crippen LogP contribution in [0.4, 0.5) is 0 Å². The number of hydrogen-bond acceptors (Lipinski definition) is 12. The van der Waals surface area contributed by atoms with Crippen LogP contribution in [0.1, 0.15) is 5.56 Å². The summed E-state index contributed by atoms with van der Waals surface area (Å²) in [4.78, 5) is 12.4. The van der Waals surface area contributed by atoms with E-state index in [4.69, 9.17) is 18.9 Å². The highest BCUT2D eigenvalue weighted by Crippen LogP contribution is 2.36. The van der Waals surface area contributed by atoms with Gasteiger partial charge in [0, 0.05) is 0 Å². The summed E-state index contributed by atoms with van der Waals surface area (Å²) in [6.07, 6.45) is -14.2. The summed E-state index contributed by atoms with van der Waals surface area (Å²) in [6, 6.07) is 8.63. The summed E-state index contributed by atoms with van der Waals surface area (Å²) >= 11 is 0. The molecule has 1 aromatic carbocycles. The Hall–Kier alpha value is -1.71. The molecule has 0 unspecified atom stereocenters. The molecule has 3 rings (SSSR count). The minimum Gasteiger partial charge on any atom is -0.459 e. The molecule has 9 atom stereocenters. The number of carbonyl (C=O) groups is 1. The van der Waals surface area contributed by atoms with E-state index in [1.54, 1.807) is 30.3 Å². The molecule has 0 radical (unpaired) electrons. The first-order valence-corrected chi connectivity index (χ1v) is 9.57. The third-order valence-electron chi connectivity index (χ3n) is 5.25. The number of rotatable bonds is 7. The molecule has 0 bridgehead atoms. The largest absolute Gasteiger partial charge is 0.459 e. The Bertz CT molecular complexity index is 732. The van der Waals surface area contributed by atoms with Gasteiger partial charge < -0.3 is 54.7 Å². The van der Waals surface area contributed by atoms with Crippen molar-refractivity contribution < 1.29 is 59.5 Å². The Kier molecular flexibility index (Phi) is 7.59. The molecule has 0 amide bonds. The Morgan fingerprint density at radius 2 is 1.65 bits per heavy atom. The van der Waals surface area contributed by atoms with Crippen LogP contribution in [-0.2, 0) is 30.3 Å². The Labute approximate surface area is 176 Å². The lowest BCUT2D eigenvalue weighted by Crippen LogP contribution is -2.63. The minimum atomic E-state index is -2.33. The van der Waals surface area contributed by atoms with E-state index in [1.165, 1.54) is 0 Å². The number of esters is 1. The van der Waals surface area contributed by atoms with E-state index >= 15 is 0 Å². The maximum atomic E-state index is 12.4. The van der Waals surface area contributed by atoms with Crippen LogP contribution in [0.25, 0.3) is 0 Å². The zero-order valence-electron chi connectivity index (χ0n) is 16.3. The van der Waals surface area contributed by atoms with Crippen LogP contribution < -0.4 is 0 Å². The highest BCUT2D eigenvalue weighted by Gasteiger charge is 2.59. The van der Waals surface area contributed by atoms with Crippen molar-refractivity contribution in [1.29, 1.82) is 0 Å². The molecule has 174 valence electrons. The zero-order chi connectivity index (χ0) is 22.8. The fourth-order valence-corrected chi connectivity index (χ4v) is 3.42. The summed E-state index contributed by atoms with van der Waals surface area (Å²) < 4.78 is 20.9. The molecule has 0 saturated carbocycles. The third-order valence-corrected chi connectivity index (χ3v) is 5.25. The standard InChI is InChI=1S/C19H26O12/c20-6-10-11(22)16(26)19(8-21,30-10)31-18-14(25)12(23)13(24)15(29-18)17(27)28-7-9-4-2-1-3-5-9/h1-5,10-16,18,20-26H,6-8H2/t10-,11-,12+,13+,14-,15+,16+,18-,19+/m1/s1. The van der Waals surface area contributed by atoms with Crippen molar-refractivity contribution in [2.45, 2.75) is 61.4 Å². The molecule has 2 heterocycles. The molecule has 0 spiro atoms. The van der Waals surface area contributed by atoms with Crippen LogP contribution in [0.5, 0.6) is 0 Å². The zero-order valence-corrected chi connectivity index (χ0v) is 16.3. The smallest absolute Gasteiger partial charge is 0.338 e. The van der Waals surface area contributed by atoms with Gasteiger partial charge in [0.05, 0.1) is 6.61 Å². The molecular weight excluding hydrogens is 420 g/mol. The SMILES string of the molecule is O=C(OCc1ccccc1)[C@H]1O[C@H](O[C@]2(CO)O[C@H](CO)[C@@H](O)[C@@H]2O)[C@H](O)[C@@H](O)[C@@H]1O. The fraction of sp³-hybridized carbons (Fsp3) is 0.632. The van der Waals surface area contributed by atoms with Crippen molar-refractivity contribution in [3.05, 3.63) is 35.9 Å². The number of ether oxygens (including phenoxy) is 4. The van der Waals surface area contributed by atoms with E-state index in [1.807, 2.05) is 0 Å². The van der Waals surface area contributed by atoms with Crippen molar-refractivity contribution in [1.82, 2.24) is 0 Å². The summed E-state index contributed by atoms with van der Waals surface area (Å²) in [7, 11) is 0. The van der Waals surface area contributed by atoms with Gasteiger partial charge in [-0.3, -0.25) is 0 Å². The number of aliphatic hydroxyl groups excluding tert-OH is 7. The van der Waals surface area contributed by atoms with Gasteiger partial charge in [-0.15, -0.1) is 0 Å². The molecule has 2 aliphatic heterocycles. The van der Waals surface area contributed by atoms with Gasteiger partial charge in [-0.25, -0.2) is 4.79 Å². The number of carbonyl (C=O) groups excluding carboxylic acids is 1. The molecule has 2 fully saturated rings. The molecular formula is C19H26O12. The predicted octanol–water partition coefficient (Wildman–Crippen LogP) is -3.64. The van der Waals surface area contributed by atoms with Crippen LogP contribution >= 0.6 is 0 Å². The van der Waals surface area contributed by atoms with Crippen molar-refractivity contribution >= 4 is 5.97 Å². The van der Waals surface area contributed by atoms with E-state index in [9.17, 15) is 40.5 Å². The van der Waals surface area contributed by atoms with Gasteiger partial charge in [-0.1, -0.05) is 30.3 Å². The third kappa shape index (κ3) is 4.73. The normalized spacial score (nSPS) is 40.6. The summed E-state index contributed by atoms with van der Waals surface area (Å²) in [5.41, 5.74) is 0.653. The van der Waals surface area contributed by atoms with Crippen LogP contribution in [0.2, 0.25) is 0 Å². The molecule has 31 heavy (non-hydrogen) atoms. The van der Waals surface area contributed by atoms with Crippen molar-refractivity contribution in [3.63, 3.8) is 0 Å². The van der Waals surface area contributed by atoms with Gasteiger partial charge in [0.15, 0.2) is 12.4 Å². The second-order valence-electron chi connectivity index (χ2n) is 7.35. The molecule has 0 aliphatic carbocycles. The van der Waals surface area contributed by atoms with E-state index in [-0.39, 0.29) is 6.61 Å². The van der Waals surface area contributed by atoms with Gasteiger partial charge in [0.2, 0.25) is 5.79 Å². The van der Waals surface area contributed by atoms with Gasteiger partial charge in [0.1, 0.15) is 49.8 Å². The molecule has 12 nitrogen and oxygen atoms in total. The topological polar surface area (TPSA) is 196 Å². The minimum absolute atomic E-state index is 0.150. The van der Waals surface area contributed by atoms with Crippen LogP contribution in [0, 0.1) is 0 Å². The van der Waals surface area contributed by atoms with Gasteiger partial charge in [-0.05, 0) is 5.56 Å². The lowest BCUT2D eigenvalue weighted by molar-refractivity contribution is -0.379. The fourth-order valence-electron chi connectivity index (χ4n) is 3.42. The molecule has 0 aromatic heterocycles. The molecule has 1 aromatic rings. The second-order valence-corrected chi connectivity index (χ2v) is 7.35. The monoisotopic (exact) mass is 446 g/mol. The van der Waals surface area contributed by atoms with Crippen LogP contribution in [0.15, 0.2) is 30.3 Å². The first kappa shape index (κ1) is 23.9. The number of hydrogen-bond donors (Lipinski definition) is 7. The number of benzene rings is 1. The average Bonchev–Trinajstić information content (AvgIpc) is 3.03. The maximum Gasteiger partial charge on any atom is 0.338 e. The predicted molar refractivity (Wildman–Crippen MR) is 97.8 cm³/mol. The second kappa shape index (κ2) is 9.83. The number of aliphatic hydroxyl groups is 7. The highest BCUT2D eigenvalue weighted by molar-refractivity contribution is 5.75. The first-order valence-electron chi connectivity index (χ1n) is 9.57. The van der Waals surface area contributed by atoms with E-state index in [2.05, 4.69) is 0 Å². The van der Waals surface area contributed by atoms with Gasteiger partial charge >= 0.3 is 5.97 Å². The van der Waals surface area contributed by atoms with Gasteiger partial charge in [-0.2, -0.15) is 0 Å². The van der Waals surface area contributed by atoms with E-state index in [0.717, 1.165) is 0 Å². The van der Waals surface area contributed by atoms with Crippen molar-refractivity contribution in [2.75, 3.05) is 13.2 Å². The van der Waals surface area contributed by atoms with E-state index < -0.39 is 74.0 Å². The Balaban J connectivity index is 1.72. The molecule has 2 aliphatic rings. The summed E-state index contributed by atoms with van der Waals surface area (Å²) in [5.74, 6) is -3.39. The summed E-state index contributed by atoms with van der Waals surface area (Å²) in [6.45, 7) is -1.90. The summed E-state index contributed by atoms with van der Waals surface area (Å²) in [5, 5.41) is 69.6. The van der Waals surface area contributed by atoms with Gasteiger partial charge in [0.25, 0.3) is 0 Å². The van der Waals surface area contributed by atoms with E-state index in [0.29, 0.717) is 5.56 Å². The van der Waals surface area contributed by atoms with Crippen LogP contribution in [0.3, 0.4) is 0 Å². The van der Waals surface area contributed by atoms with Crippen molar-refractivity contribution in [3.8, 4) is 0 Å². The molecule has 2 saturated heterocycles. The Morgan fingerprint density at radius 1 is 0.968 bits per heavy atom. The molecule has 7 N–H and O–H groups in total. The quantitative estimate of drug-likeness (QED) is 0.203. The lowest BCUT2D eigenvalue weighted by atomic mass is 9.98. The highest BCUT2D eigenvalue weighted by atomic mass is 16.8. The average molecular weight is 446 g/mol. The first-order chi connectivity index (χ1) is 14.7. The maximum absolute atomic E-state index is 12.4.